The second-order valence-electron chi connectivity index (χ2n) is 2.68. The van der Waals surface area contributed by atoms with E-state index in [2.05, 4.69) is 0 Å². The minimum atomic E-state index is -0.936. The fourth-order valence-corrected chi connectivity index (χ4v) is 0.878. The van der Waals surface area contributed by atoms with Gasteiger partial charge in [0.15, 0.2) is 0 Å². The zero-order valence-electron chi connectivity index (χ0n) is 7.02. The van der Waals surface area contributed by atoms with E-state index in [0.717, 1.165) is 12.3 Å². The Bertz CT molecular complexity index is 87.3. The van der Waals surface area contributed by atoms with Gasteiger partial charge in [-0.1, -0.05) is 20.8 Å². The molecule has 0 saturated carbocycles. The number of hydrogen-bond donors (Lipinski definition) is 2. The highest BCUT2D eigenvalue weighted by Gasteiger charge is 2.29. The van der Waals surface area contributed by atoms with Gasteiger partial charge >= 0.3 is 0 Å². The Balaban J connectivity index is 4.02. The molecule has 0 aromatic heterocycles. The van der Waals surface area contributed by atoms with E-state index in [9.17, 15) is 5.11 Å². The van der Waals surface area contributed by atoms with Crippen molar-refractivity contribution in [3.8, 4) is 0 Å². The van der Waals surface area contributed by atoms with Crippen molar-refractivity contribution in [2.75, 3.05) is 6.61 Å². The topological polar surface area (TPSA) is 40.5 Å². The zero-order valence-corrected chi connectivity index (χ0v) is 7.02. The van der Waals surface area contributed by atoms with Gasteiger partial charge in [-0.3, -0.25) is 0 Å². The Morgan fingerprint density at radius 3 is 2.00 bits per heavy atom. The van der Waals surface area contributed by atoms with E-state index in [-0.39, 0.29) is 6.61 Å². The first-order chi connectivity index (χ1) is 4.60. The first-order valence-corrected chi connectivity index (χ1v) is 3.76. The van der Waals surface area contributed by atoms with E-state index in [4.69, 9.17) is 5.11 Å². The van der Waals surface area contributed by atoms with Crippen molar-refractivity contribution in [3.63, 3.8) is 0 Å². The lowest BCUT2D eigenvalue weighted by molar-refractivity contribution is -0.00675. The maximum atomic E-state index is 9.61. The highest BCUT2D eigenvalue weighted by atomic mass is 16.3. The van der Waals surface area contributed by atoms with Crippen LogP contribution in [0.2, 0.25) is 0 Å². The van der Waals surface area contributed by atoms with E-state index in [1.165, 1.54) is 0 Å². The molecule has 1 atom stereocenters. The predicted molar refractivity (Wildman–Crippen MR) is 41.5 cm³/mol. The number of aliphatic hydroxyl groups excluding tert-OH is 1. The minimum absolute atomic E-state index is 0.164. The highest BCUT2D eigenvalue weighted by molar-refractivity contribution is 5.03. The van der Waals surface area contributed by atoms with Crippen molar-refractivity contribution >= 4 is 0 Å². The SMILES string of the molecule is CC[C](C)C(O)(CC)CO. The Hall–Kier alpha value is -0.0800. The van der Waals surface area contributed by atoms with Crippen LogP contribution in [0, 0.1) is 5.92 Å². The molecular formula is C8H17O2. The highest BCUT2D eigenvalue weighted by Crippen LogP contribution is 2.24. The third-order valence-corrected chi connectivity index (χ3v) is 2.17. The smallest absolute Gasteiger partial charge is 0.0934 e. The lowest BCUT2D eigenvalue weighted by Gasteiger charge is -2.29. The molecule has 2 nitrogen and oxygen atoms in total. The molecule has 0 aliphatic rings. The van der Waals surface area contributed by atoms with Crippen LogP contribution in [0.1, 0.15) is 33.6 Å². The Labute approximate surface area is 62.9 Å². The van der Waals surface area contributed by atoms with Gasteiger partial charge in [0.05, 0.1) is 12.2 Å². The van der Waals surface area contributed by atoms with Gasteiger partial charge in [0.1, 0.15) is 0 Å². The summed E-state index contributed by atoms with van der Waals surface area (Å²) in [6.07, 6.45) is 1.41. The molecule has 0 aliphatic carbocycles. The van der Waals surface area contributed by atoms with Crippen LogP contribution in [0.15, 0.2) is 0 Å². The molecule has 0 spiro atoms. The van der Waals surface area contributed by atoms with Crippen LogP contribution in [0.25, 0.3) is 0 Å². The lowest BCUT2D eigenvalue weighted by Crippen LogP contribution is -2.37. The van der Waals surface area contributed by atoms with Gasteiger partial charge in [-0.25, -0.2) is 0 Å². The molecule has 0 heterocycles. The molecule has 0 aromatic rings. The van der Waals surface area contributed by atoms with Gasteiger partial charge in [0, 0.05) is 5.92 Å². The van der Waals surface area contributed by atoms with Crippen molar-refractivity contribution in [1.29, 1.82) is 0 Å². The molecule has 0 bridgehead atoms. The number of rotatable bonds is 4. The Morgan fingerprint density at radius 1 is 1.40 bits per heavy atom. The third-order valence-electron chi connectivity index (χ3n) is 2.17. The van der Waals surface area contributed by atoms with Crippen LogP contribution in [-0.2, 0) is 0 Å². The quantitative estimate of drug-likeness (QED) is 0.622. The summed E-state index contributed by atoms with van der Waals surface area (Å²) in [5.41, 5.74) is -0.936. The summed E-state index contributed by atoms with van der Waals surface area (Å²) in [6, 6.07) is 0. The predicted octanol–water partition coefficient (Wildman–Crippen LogP) is 1.12. The summed E-state index contributed by atoms with van der Waals surface area (Å²) in [7, 11) is 0. The molecule has 0 saturated heterocycles. The second-order valence-corrected chi connectivity index (χ2v) is 2.68. The average Bonchev–Trinajstić information content (AvgIpc) is 2.01. The first-order valence-electron chi connectivity index (χ1n) is 3.76. The van der Waals surface area contributed by atoms with Gasteiger partial charge in [-0.15, -0.1) is 0 Å². The molecular weight excluding hydrogens is 128 g/mol. The average molecular weight is 145 g/mol. The van der Waals surface area contributed by atoms with Gasteiger partial charge < -0.3 is 10.2 Å². The molecule has 1 unspecified atom stereocenters. The van der Waals surface area contributed by atoms with Crippen LogP contribution >= 0.6 is 0 Å². The van der Waals surface area contributed by atoms with E-state index in [1.54, 1.807) is 0 Å². The third kappa shape index (κ3) is 1.96. The van der Waals surface area contributed by atoms with E-state index in [1.807, 2.05) is 20.8 Å². The summed E-state index contributed by atoms with van der Waals surface area (Å²) in [5.74, 6) is 0.956. The first kappa shape index (κ1) is 9.92. The van der Waals surface area contributed by atoms with Crippen molar-refractivity contribution in [2.24, 2.45) is 0 Å². The van der Waals surface area contributed by atoms with Gasteiger partial charge in [-0.2, -0.15) is 0 Å². The molecule has 0 fully saturated rings. The minimum Gasteiger partial charge on any atom is -0.393 e. The molecule has 0 amide bonds. The van der Waals surface area contributed by atoms with Crippen LogP contribution in [0.5, 0.6) is 0 Å². The van der Waals surface area contributed by atoms with Crippen molar-refractivity contribution in [1.82, 2.24) is 0 Å². The molecule has 0 aliphatic heterocycles. The maximum absolute atomic E-state index is 9.61. The van der Waals surface area contributed by atoms with Gasteiger partial charge in [0.2, 0.25) is 0 Å². The lowest BCUT2D eigenvalue weighted by atomic mass is 9.85. The van der Waals surface area contributed by atoms with Crippen molar-refractivity contribution in [2.45, 2.75) is 39.2 Å². The summed E-state index contributed by atoms with van der Waals surface area (Å²) in [6.45, 7) is 5.56. The molecule has 61 valence electrons. The van der Waals surface area contributed by atoms with E-state index >= 15 is 0 Å². The normalized spacial score (nSPS) is 17.4. The Morgan fingerprint density at radius 2 is 1.90 bits per heavy atom. The number of hydrogen-bond acceptors (Lipinski definition) is 2. The molecule has 1 radical (unpaired) electrons. The Kier molecular flexibility index (Phi) is 3.91. The molecule has 10 heavy (non-hydrogen) atoms. The van der Waals surface area contributed by atoms with Crippen molar-refractivity contribution < 1.29 is 10.2 Å². The van der Waals surface area contributed by atoms with Crippen LogP contribution in [0.3, 0.4) is 0 Å². The second kappa shape index (κ2) is 3.94. The summed E-state index contributed by atoms with van der Waals surface area (Å²) in [5, 5.41) is 18.4. The summed E-state index contributed by atoms with van der Waals surface area (Å²) in [4.78, 5) is 0. The monoisotopic (exact) mass is 145 g/mol. The molecule has 0 rings (SSSR count). The van der Waals surface area contributed by atoms with Crippen LogP contribution in [0.4, 0.5) is 0 Å². The maximum Gasteiger partial charge on any atom is 0.0934 e. The summed E-state index contributed by atoms with van der Waals surface area (Å²) >= 11 is 0. The van der Waals surface area contributed by atoms with Crippen molar-refractivity contribution in [3.05, 3.63) is 5.92 Å². The summed E-state index contributed by atoms with van der Waals surface area (Å²) < 4.78 is 0. The van der Waals surface area contributed by atoms with Crippen LogP contribution < -0.4 is 0 Å². The fourth-order valence-electron chi connectivity index (χ4n) is 0.878. The molecule has 0 aromatic carbocycles. The fraction of sp³-hybridized carbons (Fsp3) is 0.875. The van der Waals surface area contributed by atoms with E-state index in [0.29, 0.717) is 6.42 Å². The molecule has 2 N–H and O–H groups in total. The van der Waals surface area contributed by atoms with Gasteiger partial charge in [-0.05, 0) is 12.8 Å². The van der Waals surface area contributed by atoms with Crippen LogP contribution in [-0.4, -0.2) is 22.4 Å². The zero-order chi connectivity index (χ0) is 8.20. The van der Waals surface area contributed by atoms with Gasteiger partial charge in [0.25, 0.3) is 0 Å². The largest absolute Gasteiger partial charge is 0.393 e. The molecule has 2 heteroatoms. The standard InChI is InChI=1S/C8H17O2/c1-4-7(3)8(10,5-2)6-9/h9-10H,4-6H2,1-3H3. The number of aliphatic hydroxyl groups is 2. The van der Waals surface area contributed by atoms with E-state index < -0.39 is 5.60 Å².